The third kappa shape index (κ3) is 3.43. The summed E-state index contributed by atoms with van der Waals surface area (Å²) in [5, 5.41) is 13.4. The number of rotatable bonds is 5. The maximum Gasteiger partial charge on any atom is 0.334 e. The van der Waals surface area contributed by atoms with Crippen LogP contribution in [-0.4, -0.2) is 23.1 Å². The molecule has 0 aliphatic heterocycles. The quantitative estimate of drug-likeness (QED) is 0.501. The van der Waals surface area contributed by atoms with E-state index < -0.39 is 32.4 Å². The minimum Gasteiger partial charge on any atom is -0.354 e. The predicted molar refractivity (Wildman–Crippen MR) is 77.3 cm³/mol. The number of halogens is 1. The van der Waals surface area contributed by atoms with Gasteiger partial charge in [0.15, 0.2) is 5.69 Å². The summed E-state index contributed by atoms with van der Waals surface area (Å²) in [6.45, 7) is 1.37. The van der Waals surface area contributed by atoms with Crippen molar-refractivity contribution >= 4 is 27.4 Å². The van der Waals surface area contributed by atoms with Crippen LogP contribution < -0.4 is 0 Å². The summed E-state index contributed by atoms with van der Waals surface area (Å²) in [5.41, 5.74) is -0.136. The van der Waals surface area contributed by atoms with Crippen LogP contribution in [0.5, 0.6) is 0 Å². The molecule has 1 unspecified atom stereocenters. The van der Waals surface area contributed by atoms with E-state index in [0.29, 0.717) is 5.02 Å². The van der Waals surface area contributed by atoms with Crippen LogP contribution in [0.2, 0.25) is 5.02 Å². The summed E-state index contributed by atoms with van der Waals surface area (Å²) in [7, 11) is -4.52. The van der Waals surface area contributed by atoms with E-state index in [4.69, 9.17) is 16.1 Å². The first-order chi connectivity index (χ1) is 10.2. The molecule has 22 heavy (non-hydrogen) atoms. The van der Waals surface area contributed by atoms with E-state index in [0.717, 1.165) is 0 Å². The minimum absolute atomic E-state index is 0.0326. The number of hydrogen-bond donors (Lipinski definition) is 1. The molecule has 1 aromatic heterocycles. The second kappa shape index (κ2) is 6.03. The van der Waals surface area contributed by atoms with Gasteiger partial charge < -0.3 is 4.52 Å². The Kier molecular flexibility index (Phi) is 4.50. The summed E-state index contributed by atoms with van der Waals surface area (Å²) < 4.78 is 37.4. The lowest BCUT2D eigenvalue weighted by Crippen LogP contribution is -2.15. The Bertz CT molecular complexity index is 800. The Morgan fingerprint density at radius 3 is 2.50 bits per heavy atom. The maximum absolute atomic E-state index is 11.6. The van der Waals surface area contributed by atoms with Gasteiger partial charge in [-0.1, -0.05) is 28.9 Å². The molecule has 10 heteroatoms. The third-order valence-corrected chi connectivity index (χ3v) is 4.46. The Morgan fingerprint density at radius 1 is 1.41 bits per heavy atom. The minimum atomic E-state index is -4.52. The summed E-state index contributed by atoms with van der Waals surface area (Å²) in [5.74, 6) is -0.222. The van der Waals surface area contributed by atoms with E-state index in [-0.39, 0.29) is 17.0 Å². The van der Waals surface area contributed by atoms with Crippen molar-refractivity contribution in [2.75, 3.05) is 0 Å². The fourth-order valence-corrected chi connectivity index (χ4v) is 3.01. The Labute approximate surface area is 130 Å². The second-order valence-electron chi connectivity index (χ2n) is 4.56. The summed E-state index contributed by atoms with van der Waals surface area (Å²) in [6.07, 6.45) is -0.419. The van der Waals surface area contributed by atoms with E-state index in [9.17, 15) is 23.1 Å². The third-order valence-electron chi connectivity index (χ3n) is 3.05. The van der Waals surface area contributed by atoms with Gasteiger partial charge in [0.1, 0.15) is 5.25 Å². The number of hydrogen-bond acceptors (Lipinski definition) is 6. The lowest BCUT2D eigenvalue weighted by molar-refractivity contribution is -0.386. The molecule has 0 fully saturated rings. The van der Waals surface area contributed by atoms with Gasteiger partial charge in [0, 0.05) is 11.4 Å². The molecule has 0 saturated carbocycles. The summed E-state index contributed by atoms with van der Waals surface area (Å²) >= 11 is 5.73. The number of benzene rings is 1. The molecule has 1 N–H and O–H groups in total. The zero-order chi connectivity index (χ0) is 16.5. The molecule has 8 nitrogen and oxygen atoms in total. The van der Waals surface area contributed by atoms with Crippen LogP contribution in [0.15, 0.2) is 28.8 Å². The van der Waals surface area contributed by atoms with Crippen molar-refractivity contribution < 1.29 is 22.4 Å². The Morgan fingerprint density at radius 2 is 2.00 bits per heavy atom. The molecule has 0 bridgehead atoms. The standard InChI is InChI=1S/C12H11ClN2O6S/c1-7-12(15(16)17)10(21-14-7)6-11(22(18,19)20)8-2-4-9(13)5-3-8/h2-5,11H,6H2,1H3,(H,18,19,20). The molecule has 118 valence electrons. The van der Waals surface area contributed by atoms with Gasteiger partial charge in [-0.15, -0.1) is 0 Å². The van der Waals surface area contributed by atoms with Gasteiger partial charge in [-0.25, -0.2) is 0 Å². The Hall–Kier alpha value is -1.97. The van der Waals surface area contributed by atoms with E-state index in [2.05, 4.69) is 5.16 Å². The van der Waals surface area contributed by atoms with Gasteiger partial charge in [0.25, 0.3) is 10.1 Å². The van der Waals surface area contributed by atoms with Crippen molar-refractivity contribution in [3.05, 3.63) is 56.4 Å². The van der Waals surface area contributed by atoms with E-state index in [1.807, 2.05) is 0 Å². The first kappa shape index (κ1) is 16.4. The first-order valence-electron chi connectivity index (χ1n) is 6.01. The smallest absolute Gasteiger partial charge is 0.334 e. The van der Waals surface area contributed by atoms with Crippen molar-refractivity contribution in [3.63, 3.8) is 0 Å². The Balaban J connectivity index is 2.45. The first-order valence-corrected chi connectivity index (χ1v) is 7.89. The van der Waals surface area contributed by atoms with Crippen LogP contribution in [0.3, 0.4) is 0 Å². The number of aromatic nitrogens is 1. The fraction of sp³-hybridized carbons (Fsp3) is 0.250. The highest BCUT2D eigenvalue weighted by Gasteiger charge is 2.33. The zero-order valence-corrected chi connectivity index (χ0v) is 12.8. The van der Waals surface area contributed by atoms with Crippen molar-refractivity contribution in [3.8, 4) is 0 Å². The van der Waals surface area contributed by atoms with Gasteiger partial charge in [-0.3, -0.25) is 14.7 Å². The number of nitro groups is 1. The molecule has 0 aliphatic rings. The number of nitrogens with zero attached hydrogens (tertiary/aromatic N) is 2. The summed E-state index contributed by atoms with van der Waals surface area (Å²) in [4.78, 5) is 10.3. The molecule has 0 aliphatic carbocycles. The van der Waals surface area contributed by atoms with Crippen molar-refractivity contribution in [1.82, 2.24) is 5.16 Å². The zero-order valence-electron chi connectivity index (χ0n) is 11.3. The molecule has 1 atom stereocenters. The van der Waals surface area contributed by atoms with Gasteiger partial charge in [-0.05, 0) is 24.6 Å². The van der Waals surface area contributed by atoms with E-state index in [1.165, 1.54) is 31.2 Å². The van der Waals surface area contributed by atoms with Crippen molar-refractivity contribution in [1.29, 1.82) is 0 Å². The SMILES string of the molecule is Cc1noc(CC(c2ccc(Cl)cc2)S(=O)(=O)O)c1[N+](=O)[O-]. The highest BCUT2D eigenvalue weighted by Crippen LogP contribution is 2.32. The molecule has 2 rings (SSSR count). The average Bonchev–Trinajstić information content (AvgIpc) is 2.77. The van der Waals surface area contributed by atoms with Crippen molar-refractivity contribution in [2.45, 2.75) is 18.6 Å². The molecule has 1 heterocycles. The molecule has 0 saturated heterocycles. The van der Waals surface area contributed by atoms with Crippen LogP contribution in [0.25, 0.3) is 0 Å². The molecule has 0 spiro atoms. The summed E-state index contributed by atoms with van der Waals surface area (Å²) in [6, 6.07) is 5.73. The van der Waals surface area contributed by atoms with E-state index in [1.54, 1.807) is 0 Å². The van der Waals surface area contributed by atoms with Gasteiger partial charge >= 0.3 is 5.69 Å². The van der Waals surface area contributed by atoms with Crippen LogP contribution in [0.1, 0.15) is 22.3 Å². The largest absolute Gasteiger partial charge is 0.354 e. The highest BCUT2D eigenvalue weighted by atomic mass is 35.5. The highest BCUT2D eigenvalue weighted by molar-refractivity contribution is 7.86. The van der Waals surface area contributed by atoms with Gasteiger partial charge in [0.2, 0.25) is 5.76 Å². The fourth-order valence-electron chi connectivity index (χ4n) is 2.02. The second-order valence-corrected chi connectivity index (χ2v) is 6.59. The lowest BCUT2D eigenvalue weighted by atomic mass is 10.1. The topological polar surface area (TPSA) is 124 Å². The van der Waals surface area contributed by atoms with Crippen LogP contribution >= 0.6 is 11.6 Å². The monoisotopic (exact) mass is 346 g/mol. The van der Waals surface area contributed by atoms with Crippen molar-refractivity contribution in [2.24, 2.45) is 0 Å². The number of aryl methyl sites for hydroxylation is 1. The van der Waals surface area contributed by atoms with Crippen LogP contribution in [-0.2, 0) is 16.5 Å². The van der Waals surface area contributed by atoms with Gasteiger partial charge in [0.05, 0.1) is 4.92 Å². The molecular weight excluding hydrogens is 336 g/mol. The lowest BCUT2D eigenvalue weighted by Gasteiger charge is -2.12. The molecule has 1 aromatic carbocycles. The average molecular weight is 347 g/mol. The van der Waals surface area contributed by atoms with Crippen LogP contribution in [0.4, 0.5) is 5.69 Å². The predicted octanol–water partition coefficient (Wildman–Crippen LogP) is 2.72. The van der Waals surface area contributed by atoms with Crippen LogP contribution in [0, 0.1) is 17.0 Å². The molecule has 0 radical (unpaired) electrons. The molecule has 2 aromatic rings. The normalized spacial score (nSPS) is 13.0. The molecule has 0 amide bonds. The molecular formula is C12H11ClN2O6S. The maximum atomic E-state index is 11.6. The van der Waals surface area contributed by atoms with E-state index >= 15 is 0 Å². The van der Waals surface area contributed by atoms with Gasteiger partial charge in [-0.2, -0.15) is 8.42 Å².